The molecule has 0 saturated heterocycles. The van der Waals surface area contributed by atoms with E-state index in [1.54, 1.807) is 31.2 Å². The third-order valence-electron chi connectivity index (χ3n) is 3.17. The molecule has 0 atom stereocenters. The van der Waals surface area contributed by atoms with Crippen LogP contribution < -0.4 is 0 Å². The lowest BCUT2D eigenvalue weighted by atomic mass is 10.1. The molecule has 0 heterocycles. The van der Waals surface area contributed by atoms with Crippen LogP contribution in [0.3, 0.4) is 0 Å². The topological polar surface area (TPSA) is 34.1 Å². The lowest BCUT2D eigenvalue weighted by Crippen LogP contribution is -1.99. The van der Waals surface area contributed by atoms with E-state index in [-0.39, 0.29) is 22.7 Å². The van der Waals surface area contributed by atoms with Crippen molar-refractivity contribution in [2.24, 2.45) is 0 Å². The van der Waals surface area contributed by atoms with Crippen molar-refractivity contribution >= 4 is 27.5 Å². The molecule has 0 saturated carbocycles. The highest BCUT2D eigenvalue weighted by atomic mass is 79.9. The van der Waals surface area contributed by atoms with Gasteiger partial charge in [0.1, 0.15) is 11.6 Å². The van der Waals surface area contributed by atoms with Crippen LogP contribution in [0, 0.1) is 18.6 Å². The zero-order valence-corrected chi connectivity index (χ0v) is 14.7. The Balaban J connectivity index is 0.000000231. The Morgan fingerprint density at radius 3 is 1.83 bits per heavy atom. The van der Waals surface area contributed by atoms with Gasteiger partial charge in [-0.05, 0) is 44.0 Å². The molecule has 0 aliphatic rings. The minimum absolute atomic E-state index is 0.159. The zero-order valence-electron chi connectivity index (χ0n) is 13.1. The van der Waals surface area contributed by atoms with Crippen molar-refractivity contribution in [2.45, 2.75) is 26.1 Å². The third-order valence-corrected chi connectivity index (χ3v) is 3.78. The second-order valence-corrected chi connectivity index (χ2v) is 5.52. The van der Waals surface area contributed by atoms with Gasteiger partial charge in [-0.25, -0.2) is 8.78 Å². The molecule has 0 radical (unpaired) electrons. The number of aryl methyl sites for hydroxylation is 1. The van der Waals surface area contributed by atoms with Crippen LogP contribution in [0.25, 0.3) is 0 Å². The van der Waals surface area contributed by atoms with Crippen molar-refractivity contribution in [3.8, 4) is 0 Å². The van der Waals surface area contributed by atoms with E-state index in [9.17, 15) is 18.4 Å². The van der Waals surface area contributed by atoms with E-state index in [2.05, 4.69) is 15.9 Å². The maximum atomic E-state index is 13.3. The molecule has 0 aliphatic carbocycles. The number of carbonyl (C=O) groups is 2. The van der Waals surface area contributed by atoms with Gasteiger partial charge in [0.05, 0.1) is 11.1 Å². The summed E-state index contributed by atoms with van der Waals surface area (Å²) in [5, 5.41) is 0.431. The Bertz CT molecular complexity index is 727. The van der Waals surface area contributed by atoms with Crippen molar-refractivity contribution in [1.29, 1.82) is 0 Å². The molecule has 0 fully saturated rings. The number of ketones is 2. The van der Waals surface area contributed by atoms with Crippen LogP contribution in [-0.2, 0) is 5.33 Å². The summed E-state index contributed by atoms with van der Waals surface area (Å²) < 4.78 is 26.3. The van der Waals surface area contributed by atoms with Gasteiger partial charge < -0.3 is 0 Å². The molecule has 2 aromatic rings. The van der Waals surface area contributed by atoms with E-state index < -0.39 is 11.6 Å². The highest BCUT2D eigenvalue weighted by Gasteiger charge is 2.09. The summed E-state index contributed by atoms with van der Waals surface area (Å²) in [6, 6.07) is 9.62. The molecule has 23 heavy (non-hydrogen) atoms. The highest BCUT2D eigenvalue weighted by Crippen LogP contribution is 2.15. The predicted octanol–water partition coefficient (Wildman–Crippen LogP) is 5.26. The average Bonchev–Trinajstić information content (AvgIpc) is 2.50. The molecule has 0 amide bonds. The summed E-state index contributed by atoms with van der Waals surface area (Å²) in [6.45, 7) is 4.36. The van der Waals surface area contributed by atoms with E-state index in [0.717, 1.165) is 0 Å². The summed E-state index contributed by atoms with van der Waals surface area (Å²) in [4.78, 5) is 21.7. The first-order chi connectivity index (χ1) is 10.8. The molecular weight excluding hydrogens is 366 g/mol. The summed E-state index contributed by atoms with van der Waals surface area (Å²) in [7, 11) is 0. The van der Waals surface area contributed by atoms with Gasteiger partial charge in [-0.2, -0.15) is 0 Å². The first-order valence-corrected chi connectivity index (χ1v) is 8.02. The van der Waals surface area contributed by atoms with E-state index in [1.165, 1.54) is 26.0 Å². The highest BCUT2D eigenvalue weighted by molar-refractivity contribution is 9.08. The lowest BCUT2D eigenvalue weighted by Gasteiger charge is -2.01. The van der Waals surface area contributed by atoms with Crippen molar-refractivity contribution in [2.75, 3.05) is 0 Å². The van der Waals surface area contributed by atoms with Crippen LogP contribution in [0.5, 0.6) is 0 Å². The number of Topliss-reactive ketones (excluding diaryl/α,β-unsaturated/α-hetero) is 2. The first-order valence-electron chi connectivity index (χ1n) is 6.90. The van der Waals surface area contributed by atoms with Crippen LogP contribution in [0.1, 0.15) is 45.7 Å². The molecule has 2 nitrogen and oxygen atoms in total. The number of carbonyl (C=O) groups excluding carboxylic acids is 2. The number of rotatable bonds is 3. The summed E-state index contributed by atoms with van der Waals surface area (Å²) in [5.74, 6) is -1.29. The summed E-state index contributed by atoms with van der Waals surface area (Å²) in [6.07, 6.45) is 0. The van der Waals surface area contributed by atoms with E-state index in [4.69, 9.17) is 0 Å². The van der Waals surface area contributed by atoms with Gasteiger partial charge in [0.15, 0.2) is 11.6 Å². The van der Waals surface area contributed by atoms with Crippen molar-refractivity contribution in [3.63, 3.8) is 0 Å². The smallest absolute Gasteiger partial charge is 0.162 e. The lowest BCUT2D eigenvalue weighted by molar-refractivity contribution is 0.100. The fraction of sp³-hybridized carbons (Fsp3) is 0.222. The van der Waals surface area contributed by atoms with Crippen LogP contribution >= 0.6 is 15.9 Å². The molecule has 0 N–H and O–H groups in total. The maximum absolute atomic E-state index is 13.3. The minimum Gasteiger partial charge on any atom is -0.294 e. The standard InChI is InChI=1S/C9H8BrFO.C9H9FO/c1-6(12)8-4-2-3-7(5-10)9(8)11;1-6-4-3-5-8(7(2)11)9(6)10/h2-4H,5H2,1H3;3-5H,1-2H3. The fourth-order valence-electron chi connectivity index (χ4n) is 1.87. The minimum atomic E-state index is -0.415. The van der Waals surface area contributed by atoms with E-state index >= 15 is 0 Å². The number of hydrogen-bond donors (Lipinski definition) is 0. The number of benzene rings is 2. The number of halogens is 3. The van der Waals surface area contributed by atoms with Gasteiger partial charge in [0.2, 0.25) is 0 Å². The third kappa shape index (κ3) is 5.06. The molecule has 0 unspecified atom stereocenters. The Hall–Kier alpha value is -1.88. The number of alkyl halides is 1. The van der Waals surface area contributed by atoms with Crippen LogP contribution in [0.2, 0.25) is 0 Å². The van der Waals surface area contributed by atoms with Crippen LogP contribution in [0.15, 0.2) is 36.4 Å². The Morgan fingerprint density at radius 1 is 0.913 bits per heavy atom. The zero-order chi connectivity index (χ0) is 17.6. The molecular formula is C18H17BrF2O2. The van der Waals surface area contributed by atoms with Crippen molar-refractivity contribution in [1.82, 2.24) is 0 Å². The fourth-order valence-corrected chi connectivity index (χ4v) is 2.31. The van der Waals surface area contributed by atoms with E-state index in [1.807, 2.05) is 0 Å². The van der Waals surface area contributed by atoms with Gasteiger partial charge in [-0.15, -0.1) is 0 Å². The van der Waals surface area contributed by atoms with Gasteiger partial charge >= 0.3 is 0 Å². The molecule has 0 bridgehead atoms. The summed E-state index contributed by atoms with van der Waals surface area (Å²) >= 11 is 3.14. The SMILES string of the molecule is CC(=O)c1cccc(C)c1F.CC(=O)c1cccc(CBr)c1F. The average molecular weight is 383 g/mol. The molecule has 0 aliphatic heterocycles. The Kier molecular flexibility index (Phi) is 7.23. The van der Waals surface area contributed by atoms with Gasteiger partial charge in [0.25, 0.3) is 0 Å². The second-order valence-electron chi connectivity index (χ2n) is 4.96. The van der Waals surface area contributed by atoms with Crippen LogP contribution in [-0.4, -0.2) is 11.6 Å². The normalized spacial score (nSPS) is 9.83. The molecule has 2 aromatic carbocycles. The Morgan fingerprint density at radius 2 is 1.39 bits per heavy atom. The predicted molar refractivity (Wildman–Crippen MR) is 90.2 cm³/mol. The maximum Gasteiger partial charge on any atom is 0.162 e. The van der Waals surface area contributed by atoms with Gasteiger partial charge in [0, 0.05) is 5.33 Å². The molecule has 0 aromatic heterocycles. The first kappa shape index (κ1) is 19.2. The summed E-state index contributed by atoms with van der Waals surface area (Å²) in [5.41, 5.74) is 1.36. The molecule has 122 valence electrons. The van der Waals surface area contributed by atoms with Gasteiger partial charge in [-0.3, -0.25) is 9.59 Å². The van der Waals surface area contributed by atoms with E-state index in [0.29, 0.717) is 16.5 Å². The van der Waals surface area contributed by atoms with Crippen LogP contribution in [0.4, 0.5) is 8.78 Å². The molecule has 2 rings (SSSR count). The largest absolute Gasteiger partial charge is 0.294 e. The second kappa shape index (κ2) is 8.67. The Labute approximate surface area is 142 Å². The molecule has 5 heteroatoms. The van der Waals surface area contributed by atoms with Crippen molar-refractivity contribution < 1.29 is 18.4 Å². The van der Waals surface area contributed by atoms with Crippen molar-refractivity contribution in [3.05, 3.63) is 70.3 Å². The van der Waals surface area contributed by atoms with Gasteiger partial charge in [-0.1, -0.05) is 40.2 Å². The molecule has 0 spiro atoms. The monoisotopic (exact) mass is 382 g/mol. The number of hydrogen-bond acceptors (Lipinski definition) is 2. The quantitative estimate of drug-likeness (QED) is 0.535.